The third-order valence-corrected chi connectivity index (χ3v) is 6.64. The van der Waals surface area contributed by atoms with E-state index in [1.54, 1.807) is 6.07 Å². The molecule has 4 aromatic rings. The number of ketones is 1. The summed E-state index contributed by atoms with van der Waals surface area (Å²) in [7, 11) is -2.84. The number of ether oxygens (including phenoxy) is 3. The Balaban J connectivity index is 1.46. The summed E-state index contributed by atoms with van der Waals surface area (Å²) < 4.78 is 59.7. The van der Waals surface area contributed by atoms with Crippen LogP contribution in [-0.4, -0.2) is 39.7 Å². The van der Waals surface area contributed by atoms with Crippen LogP contribution in [0.5, 0.6) is 17.4 Å². The lowest BCUT2D eigenvalue weighted by atomic mass is 10.0. The number of sulfone groups is 1. The Kier molecular flexibility index (Phi) is 7.15. The van der Waals surface area contributed by atoms with Crippen LogP contribution < -0.4 is 19.1 Å². The fourth-order valence-electron chi connectivity index (χ4n) is 3.24. The molecule has 0 saturated carbocycles. The van der Waals surface area contributed by atoms with Crippen molar-refractivity contribution in [2.75, 3.05) is 20.3 Å². The van der Waals surface area contributed by atoms with Crippen LogP contribution in [0.1, 0.15) is 15.9 Å². The van der Waals surface area contributed by atoms with Gasteiger partial charge in [0.2, 0.25) is 0 Å². The Bertz CT molecular complexity index is 1490. The Hall–Kier alpha value is -4.45. The Morgan fingerprint density at radius 2 is 1.69 bits per heavy atom. The van der Waals surface area contributed by atoms with Crippen LogP contribution in [-0.2, 0) is 9.84 Å². The molecule has 4 rings (SSSR count). The summed E-state index contributed by atoms with van der Waals surface area (Å²) in [4.78, 5) is 12.4. The van der Waals surface area contributed by atoms with Gasteiger partial charge in [0, 0.05) is 17.2 Å². The normalized spacial score (nSPS) is 11.2. The van der Waals surface area contributed by atoms with Gasteiger partial charge in [-0.2, -0.15) is 0 Å². The summed E-state index contributed by atoms with van der Waals surface area (Å²) >= 11 is 0. The highest BCUT2D eigenvalue weighted by molar-refractivity contribution is 7.91. The second-order valence-corrected chi connectivity index (χ2v) is 9.16. The smallest absolute Gasteiger partial charge is 0.415 e. The number of hydrogen-bond acceptors (Lipinski definition) is 9. The van der Waals surface area contributed by atoms with Crippen LogP contribution in [0.25, 0.3) is 0 Å². The first kappa shape index (κ1) is 24.7. The summed E-state index contributed by atoms with van der Waals surface area (Å²) in [6, 6.07) is 17.0. The molecular weight excluding hydrogens is 495 g/mol. The van der Waals surface area contributed by atoms with Crippen molar-refractivity contribution >= 4 is 15.6 Å². The highest BCUT2D eigenvalue weighted by Gasteiger charge is 2.35. The van der Waals surface area contributed by atoms with Crippen molar-refractivity contribution in [3.05, 3.63) is 94.9 Å². The van der Waals surface area contributed by atoms with Crippen LogP contribution in [0.4, 0.5) is 4.39 Å². The molecule has 12 heteroatoms. The Morgan fingerprint density at radius 3 is 2.42 bits per heavy atom. The van der Waals surface area contributed by atoms with Crippen LogP contribution in [0, 0.1) is 11.0 Å². The molecule has 3 aromatic carbocycles. The molecule has 1 heterocycles. The van der Waals surface area contributed by atoms with Gasteiger partial charge in [-0.1, -0.05) is 30.3 Å². The van der Waals surface area contributed by atoms with Crippen LogP contribution in [0.15, 0.2) is 87.3 Å². The minimum absolute atomic E-state index is 0.114. The first-order chi connectivity index (χ1) is 17.3. The SMILES string of the molecule is COc1cc(OCCOc2no[n+]([O-])c2S(=O)(=O)c2ccccc2)cc(C(=O)c2cccc(F)c2)c1. The summed E-state index contributed by atoms with van der Waals surface area (Å²) in [5.74, 6) is -0.932. The van der Waals surface area contributed by atoms with Gasteiger partial charge in [-0.15, -0.1) is 0 Å². The number of methoxy groups -OCH3 is 1. The lowest BCUT2D eigenvalue weighted by Gasteiger charge is -2.10. The molecule has 0 aliphatic carbocycles. The largest absolute Gasteiger partial charge is 0.497 e. The number of halogens is 1. The lowest BCUT2D eigenvalue weighted by molar-refractivity contribution is -0.832. The summed E-state index contributed by atoms with van der Waals surface area (Å²) in [5, 5.41) is 14.5. The number of carbonyl (C=O) groups is 1. The standard InChI is InChI=1S/C24H19FN2O8S/c1-32-19-13-17(22(28)16-6-5-7-18(25)12-16)14-20(15-19)33-10-11-34-23-24(27(29)35-26-23)36(30,31)21-8-3-2-4-9-21/h2-9,12-15H,10-11H2,1H3. The van der Waals surface area contributed by atoms with Crippen molar-refractivity contribution < 1.29 is 41.3 Å². The number of benzene rings is 3. The van der Waals surface area contributed by atoms with Crippen molar-refractivity contribution in [2.24, 2.45) is 0 Å². The second-order valence-electron chi connectivity index (χ2n) is 7.29. The maximum absolute atomic E-state index is 13.5. The molecule has 0 atom stereocenters. The highest BCUT2D eigenvalue weighted by Crippen LogP contribution is 2.26. The maximum atomic E-state index is 13.5. The molecule has 0 N–H and O–H groups in total. The molecule has 1 aromatic heterocycles. The van der Waals surface area contributed by atoms with Gasteiger partial charge >= 0.3 is 10.9 Å². The molecule has 0 radical (unpaired) electrons. The van der Waals surface area contributed by atoms with Gasteiger partial charge in [0.1, 0.15) is 30.5 Å². The lowest BCUT2D eigenvalue weighted by Crippen LogP contribution is -2.31. The Morgan fingerprint density at radius 1 is 0.972 bits per heavy atom. The van der Waals surface area contributed by atoms with Gasteiger partial charge in [-0.25, -0.2) is 12.8 Å². The number of rotatable bonds is 10. The van der Waals surface area contributed by atoms with E-state index in [0.29, 0.717) is 5.75 Å². The van der Waals surface area contributed by atoms with Gasteiger partial charge in [0.05, 0.1) is 17.2 Å². The number of hydrogen-bond donors (Lipinski definition) is 0. The molecule has 36 heavy (non-hydrogen) atoms. The monoisotopic (exact) mass is 514 g/mol. The quantitative estimate of drug-likeness (QED) is 0.178. The van der Waals surface area contributed by atoms with E-state index in [-0.39, 0.29) is 39.9 Å². The van der Waals surface area contributed by atoms with E-state index in [2.05, 4.69) is 9.79 Å². The molecule has 0 saturated heterocycles. The fourth-order valence-corrected chi connectivity index (χ4v) is 4.53. The molecule has 0 spiro atoms. The summed E-state index contributed by atoms with van der Waals surface area (Å²) in [6.07, 6.45) is 0. The topological polar surface area (TPSA) is 132 Å². The molecule has 0 unspecified atom stereocenters. The predicted molar refractivity (Wildman–Crippen MR) is 121 cm³/mol. The van der Waals surface area contributed by atoms with Crippen LogP contribution >= 0.6 is 0 Å². The van der Waals surface area contributed by atoms with Crippen LogP contribution in [0.3, 0.4) is 0 Å². The van der Waals surface area contributed by atoms with Crippen molar-refractivity contribution in [3.63, 3.8) is 0 Å². The van der Waals surface area contributed by atoms with Gasteiger partial charge in [0.15, 0.2) is 5.78 Å². The van der Waals surface area contributed by atoms with E-state index >= 15 is 0 Å². The van der Waals surface area contributed by atoms with E-state index in [1.165, 1.54) is 67.8 Å². The van der Waals surface area contributed by atoms with Crippen LogP contribution in [0.2, 0.25) is 0 Å². The second kappa shape index (κ2) is 10.4. The van der Waals surface area contributed by atoms with Gasteiger partial charge < -0.3 is 19.4 Å². The molecule has 0 fully saturated rings. The highest BCUT2D eigenvalue weighted by atomic mass is 32.2. The van der Waals surface area contributed by atoms with E-state index in [9.17, 15) is 22.8 Å². The zero-order chi connectivity index (χ0) is 25.7. The number of nitrogens with zero attached hydrogens (tertiary/aromatic N) is 2. The third kappa shape index (κ3) is 5.28. The molecule has 10 nitrogen and oxygen atoms in total. The zero-order valence-corrected chi connectivity index (χ0v) is 19.6. The minimum atomic E-state index is -4.25. The summed E-state index contributed by atoms with van der Waals surface area (Å²) in [6.45, 7) is -0.328. The van der Waals surface area contributed by atoms with Gasteiger partial charge in [-0.05, 0) is 41.3 Å². The summed E-state index contributed by atoms with van der Waals surface area (Å²) in [5.41, 5.74) is 0.359. The van der Waals surface area contributed by atoms with Crippen molar-refractivity contribution in [1.29, 1.82) is 0 Å². The first-order valence-electron chi connectivity index (χ1n) is 10.4. The fraction of sp³-hybridized carbons (Fsp3) is 0.125. The molecular formula is C24H19FN2O8S. The Labute approximate surface area is 204 Å². The molecule has 0 aliphatic rings. The molecule has 0 bridgehead atoms. The minimum Gasteiger partial charge on any atom is -0.497 e. The van der Waals surface area contributed by atoms with Crippen molar-refractivity contribution in [1.82, 2.24) is 5.16 Å². The first-order valence-corrected chi connectivity index (χ1v) is 11.9. The van der Waals surface area contributed by atoms with Crippen molar-refractivity contribution in [2.45, 2.75) is 9.92 Å². The number of aromatic nitrogens is 2. The van der Waals surface area contributed by atoms with E-state index < -0.39 is 32.3 Å². The average molecular weight is 514 g/mol. The average Bonchev–Trinajstić information content (AvgIpc) is 3.27. The molecule has 0 amide bonds. The van der Waals surface area contributed by atoms with Gasteiger partial charge in [0.25, 0.3) is 9.84 Å². The molecule has 186 valence electrons. The van der Waals surface area contributed by atoms with E-state index in [4.69, 9.17) is 14.2 Å². The van der Waals surface area contributed by atoms with E-state index in [0.717, 1.165) is 6.07 Å². The van der Waals surface area contributed by atoms with E-state index in [1.807, 2.05) is 0 Å². The van der Waals surface area contributed by atoms with Crippen molar-refractivity contribution in [3.8, 4) is 17.4 Å². The number of carbonyl (C=O) groups excluding carboxylic acids is 1. The zero-order valence-electron chi connectivity index (χ0n) is 18.8. The van der Waals surface area contributed by atoms with Gasteiger partial charge in [-0.3, -0.25) is 9.42 Å². The molecule has 0 aliphatic heterocycles. The third-order valence-electron chi connectivity index (χ3n) is 4.91. The predicted octanol–water partition coefficient (Wildman–Crippen LogP) is 2.98. The maximum Gasteiger partial charge on any atom is 0.415 e.